The topological polar surface area (TPSA) is 37.2 Å². The summed E-state index contributed by atoms with van der Waals surface area (Å²) in [5, 5.41) is 6.40. The third kappa shape index (κ3) is 4.70. The van der Waals surface area contributed by atoms with E-state index in [2.05, 4.69) is 16.6 Å². The lowest BCUT2D eigenvalue weighted by molar-refractivity contribution is 0.498. The SMILES string of the molecule is C#CCNCCNCCc1ccco1. The van der Waals surface area contributed by atoms with Gasteiger partial charge in [0.2, 0.25) is 0 Å². The van der Waals surface area contributed by atoms with Crippen LogP contribution >= 0.6 is 0 Å². The van der Waals surface area contributed by atoms with Crippen molar-refractivity contribution in [1.82, 2.24) is 10.6 Å². The van der Waals surface area contributed by atoms with Gasteiger partial charge in [-0.05, 0) is 12.1 Å². The quantitative estimate of drug-likeness (QED) is 0.491. The van der Waals surface area contributed by atoms with Crippen molar-refractivity contribution in [3.8, 4) is 12.3 Å². The normalized spacial score (nSPS) is 9.93. The van der Waals surface area contributed by atoms with Crippen molar-refractivity contribution < 1.29 is 4.42 Å². The Bertz CT molecular complexity index is 261. The van der Waals surface area contributed by atoms with Gasteiger partial charge >= 0.3 is 0 Å². The highest BCUT2D eigenvalue weighted by Crippen LogP contribution is 1.98. The zero-order chi connectivity index (χ0) is 10.1. The second-order valence-electron chi connectivity index (χ2n) is 2.96. The molecule has 3 nitrogen and oxygen atoms in total. The van der Waals surface area contributed by atoms with Crippen LogP contribution in [0.15, 0.2) is 22.8 Å². The molecule has 0 aromatic carbocycles. The standard InChI is InChI=1S/C11H16N2O/c1-2-6-12-8-9-13-7-5-11-4-3-10-14-11/h1,3-4,10,12-13H,5-9H2. The fourth-order valence-electron chi connectivity index (χ4n) is 1.13. The Morgan fingerprint density at radius 2 is 2.14 bits per heavy atom. The van der Waals surface area contributed by atoms with Crippen LogP contribution < -0.4 is 10.6 Å². The highest BCUT2D eigenvalue weighted by molar-refractivity contribution is 4.98. The molecule has 1 aromatic rings. The summed E-state index contributed by atoms with van der Waals surface area (Å²) in [5.41, 5.74) is 0. The lowest BCUT2D eigenvalue weighted by Crippen LogP contribution is -2.28. The van der Waals surface area contributed by atoms with Crippen molar-refractivity contribution in [1.29, 1.82) is 0 Å². The molecule has 0 spiro atoms. The van der Waals surface area contributed by atoms with E-state index in [1.165, 1.54) is 0 Å². The maximum atomic E-state index is 5.20. The van der Waals surface area contributed by atoms with Gasteiger partial charge in [-0.2, -0.15) is 0 Å². The van der Waals surface area contributed by atoms with Crippen molar-refractivity contribution in [3.05, 3.63) is 24.2 Å². The summed E-state index contributed by atoms with van der Waals surface area (Å²) in [6.45, 7) is 3.41. The molecular weight excluding hydrogens is 176 g/mol. The third-order valence-corrected chi connectivity index (χ3v) is 1.83. The van der Waals surface area contributed by atoms with Gasteiger partial charge in [-0.15, -0.1) is 6.42 Å². The van der Waals surface area contributed by atoms with Crippen LogP contribution in [-0.4, -0.2) is 26.2 Å². The molecule has 2 N–H and O–H groups in total. The molecule has 0 radical (unpaired) electrons. The molecule has 0 unspecified atom stereocenters. The van der Waals surface area contributed by atoms with E-state index in [1.807, 2.05) is 12.1 Å². The maximum absolute atomic E-state index is 5.20. The zero-order valence-corrected chi connectivity index (χ0v) is 8.25. The van der Waals surface area contributed by atoms with Crippen molar-refractivity contribution in [3.63, 3.8) is 0 Å². The molecule has 1 heterocycles. The predicted molar refractivity (Wildman–Crippen MR) is 57.0 cm³/mol. The first-order valence-electron chi connectivity index (χ1n) is 4.81. The van der Waals surface area contributed by atoms with Gasteiger partial charge in [-0.25, -0.2) is 0 Å². The molecule has 76 valence electrons. The molecule has 0 fully saturated rings. The number of hydrogen-bond acceptors (Lipinski definition) is 3. The monoisotopic (exact) mass is 192 g/mol. The Morgan fingerprint density at radius 1 is 1.29 bits per heavy atom. The molecule has 1 rings (SSSR count). The average Bonchev–Trinajstić information content (AvgIpc) is 2.69. The maximum Gasteiger partial charge on any atom is 0.105 e. The molecule has 3 heteroatoms. The lowest BCUT2D eigenvalue weighted by atomic mass is 10.3. The summed E-state index contributed by atoms with van der Waals surface area (Å²) >= 11 is 0. The fourth-order valence-corrected chi connectivity index (χ4v) is 1.13. The molecule has 1 aromatic heterocycles. The molecule has 0 aliphatic heterocycles. The van der Waals surface area contributed by atoms with Crippen molar-refractivity contribution in [2.24, 2.45) is 0 Å². The van der Waals surface area contributed by atoms with Crippen LogP contribution in [0.4, 0.5) is 0 Å². The molecule has 0 amide bonds. The average molecular weight is 192 g/mol. The van der Waals surface area contributed by atoms with Gasteiger partial charge in [0.15, 0.2) is 0 Å². The molecule has 0 saturated heterocycles. The van der Waals surface area contributed by atoms with Crippen molar-refractivity contribution in [2.45, 2.75) is 6.42 Å². The molecular formula is C11H16N2O. The Kier molecular flexibility index (Phi) is 5.57. The van der Waals surface area contributed by atoms with E-state index in [0.717, 1.165) is 31.8 Å². The first-order valence-corrected chi connectivity index (χ1v) is 4.81. The van der Waals surface area contributed by atoms with Crippen LogP contribution in [0.3, 0.4) is 0 Å². The highest BCUT2D eigenvalue weighted by atomic mass is 16.3. The van der Waals surface area contributed by atoms with E-state index in [1.54, 1.807) is 6.26 Å². The minimum atomic E-state index is 0.639. The van der Waals surface area contributed by atoms with Gasteiger partial charge < -0.3 is 15.1 Å². The van der Waals surface area contributed by atoms with Gasteiger partial charge in [-0.3, -0.25) is 0 Å². The van der Waals surface area contributed by atoms with Crippen LogP contribution in [-0.2, 0) is 6.42 Å². The van der Waals surface area contributed by atoms with Gasteiger partial charge in [0.1, 0.15) is 5.76 Å². The number of furan rings is 1. The van der Waals surface area contributed by atoms with Crippen LogP contribution in [0.5, 0.6) is 0 Å². The van der Waals surface area contributed by atoms with E-state index in [0.29, 0.717) is 6.54 Å². The molecule has 0 bridgehead atoms. The highest BCUT2D eigenvalue weighted by Gasteiger charge is 1.93. The number of nitrogens with one attached hydrogen (secondary N) is 2. The Morgan fingerprint density at radius 3 is 2.86 bits per heavy atom. The van der Waals surface area contributed by atoms with Crippen LogP contribution in [0.1, 0.15) is 5.76 Å². The molecule has 0 atom stereocenters. The van der Waals surface area contributed by atoms with E-state index in [4.69, 9.17) is 10.8 Å². The van der Waals surface area contributed by atoms with Gasteiger partial charge in [0.25, 0.3) is 0 Å². The molecule has 0 saturated carbocycles. The summed E-state index contributed by atoms with van der Waals surface area (Å²) in [4.78, 5) is 0. The van der Waals surface area contributed by atoms with Gasteiger partial charge in [0.05, 0.1) is 12.8 Å². The third-order valence-electron chi connectivity index (χ3n) is 1.83. The smallest absolute Gasteiger partial charge is 0.105 e. The largest absolute Gasteiger partial charge is 0.469 e. The Labute approximate surface area is 84.9 Å². The van der Waals surface area contributed by atoms with E-state index in [-0.39, 0.29) is 0 Å². The van der Waals surface area contributed by atoms with Crippen LogP contribution in [0, 0.1) is 12.3 Å². The van der Waals surface area contributed by atoms with Crippen molar-refractivity contribution in [2.75, 3.05) is 26.2 Å². The zero-order valence-electron chi connectivity index (χ0n) is 8.25. The van der Waals surface area contributed by atoms with E-state index >= 15 is 0 Å². The Hall–Kier alpha value is -1.24. The molecule has 0 aliphatic rings. The number of hydrogen-bond donors (Lipinski definition) is 2. The van der Waals surface area contributed by atoms with E-state index < -0.39 is 0 Å². The summed E-state index contributed by atoms with van der Waals surface area (Å²) in [5.74, 6) is 3.55. The van der Waals surface area contributed by atoms with Crippen LogP contribution in [0.25, 0.3) is 0 Å². The number of terminal acetylenes is 1. The van der Waals surface area contributed by atoms with Crippen LogP contribution in [0.2, 0.25) is 0 Å². The van der Waals surface area contributed by atoms with Gasteiger partial charge in [-0.1, -0.05) is 5.92 Å². The predicted octanol–water partition coefficient (Wildman–Crippen LogP) is 0.634. The number of rotatable bonds is 7. The lowest BCUT2D eigenvalue weighted by Gasteiger charge is -2.03. The second-order valence-corrected chi connectivity index (χ2v) is 2.96. The summed E-state index contributed by atoms with van der Waals surface area (Å²) < 4.78 is 5.20. The van der Waals surface area contributed by atoms with Gasteiger partial charge in [0, 0.05) is 26.1 Å². The minimum Gasteiger partial charge on any atom is -0.469 e. The molecule has 0 aliphatic carbocycles. The summed E-state index contributed by atoms with van der Waals surface area (Å²) in [7, 11) is 0. The second kappa shape index (κ2) is 7.19. The molecule has 14 heavy (non-hydrogen) atoms. The first-order chi connectivity index (χ1) is 6.93. The fraction of sp³-hybridized carbons (Fsp3) is 0.455. The summed E-state index contributed by atoms with van der Waals surface area (Å²) in [6.07, 6.45) is 7.72. The van der Waals surface area contributed by atoms with Crippen molar-refractivity contribution >= 4 is 0 Å². The summed E-state index contributed by atoms with van der Waals surface area (Å²) in [6, 6.07) is 3.89. The first kappa shape index (κ1) is 10.8. The minimum absolute atomic E-state index is 0.639. The van der Waals surface area contributed by atoms with E-state index in [9.17, 15) is 0 Å². The Balaban J connectivity index is 1.88.